The van der Waals surface area contributed by atoms with E-state index in [4.69, 9.17) is 0 Å². The molecule has 0 unspecified atom stereocenters. The summed E-state index contributed by atoms with van der Waals surface area (Å²) in [7, 11) is 0. The summed E-state index contributed by atoms with van der Waals surface area (Å²) < 4.78 is 0. The van der Waals surface area contributed by atoms with Crippen LogP contribution in [0.5, 0.6) is 0 Å². The van der Waals surface area contributed by atoms with Crippen molar-refractivity contribution in [2.45, 2.75) is 45.4 Å². The minimum atomic E-state index is 0.134. The third-order valence-electron chi connectivity index (χ3n) is 2.86. The maximum absolute atomic E-state index is 11.3. The molecule has 1 aliphatic heterocycles. The Bertz CT molecular complexity index is 241. The molecule has 0 bridgehead atoms. The first-order chi connectivity index (χ1) is 7.74. The second-order valence-electron chi connectivity index (χ2n) is 4.29. The predicted octanol–water partition coefficient (Wildman–Crippen LogP) is 1.31. The van der Waals surface area contributed by atoms with E-state index in [1.165, 1.54) is 0 Å². The molecule has 0 aromatic carbocycles. The normalized spacial score (nSPS) is 15.6. The van der Waals surface area contributed by atoms with Gasteiger partial charge >= 0.3 is 0 Å². The van der Waals surface area contributed by atoms with E-state index >= 15 is 0 Å². The minimum Gasteiger partial charge on any atom is -0.356 e. The van der Waals surface area contributed by atoms with Crippen molar-refractivity contribution in [1.29, 1.82) is 0 Å². The summed E-state index contributed by atoms with van der Waals surface area (Å²) in [4.78, 5) is 24.4. The van der Waals surface area contributed by atoms with Gasteiger partial charge in [-0.25, -0.2) is 0 Å². The zero-order chi connectivity index (χ0) is 11.8. The number of carbonyl (C=O) groups is 2. The smallest absolute Gasteiger partial charge is 0.222 e. The van der Waals surface area contributed by atoms with E-state index in [1.54, 1.807) is 0 Å². The topological polar surface area (TPSA) is 49.4 Å². The molecule has 92 valence electrons. The van der Waals surface area contributed by atoms with Crippen molar-refractivity contribution in [3.63, 3.8) is 0 Å². The summed E-state index contributed by atoms with van der Waals surface area (Å²) in [6.07, 6.45) is 5.18. The van der Waals surface area contributed by atoms with Crippen LogP contribution in [-0.4, -0.2) is 36.3 Å². The van der Waals surface area contributed by atoms with Gasteiger partial charge in [-0.3, -0.25) is 9.59 Å². The fourth-order valence-corrected chi connectivity index (χ4v) is 1.86. The van der Waals surface area contributed by atoms with Crippen LogP contribution in [0.1, 0.15) is 45.4 Å². The lowest BCUT2D eigenvalue weighted by Crippen LogP contribution is -2.30. The summed E-state index contributed by atoms with van der Waals surface area (Å²) >= 11 is 0. The van der Waals surface area contributed by atoms with Crippen LogP contribution < -0.4 is 5.32 Å². The van der Waals surface area contributed by atoms with E-state index in [1.807, 2.05) is 4.90 Å². The van der Waals surface area contributed by atoms with Gasteiger partial charge in [0.2, 0.25) is 11.8 Å². The highest BCUT2D eigenvalue weighted by Gasteiger charge is 2.18. The van der Waals surface area contributed by atoms with E-state index in [2.05, 4.69) is 12.2 Å². The average Bonchev–Trinajstić information content (AvgIpc) is 2.67. The maximum Gasteiger partial charge on any atom is 0.222 e. The van der Waals surface area contributed by atoms with E-state index in [-0.39, 0.29) is 11.8 Å². The third-order valence-corrected chi connectivity index (χ3v) is 2.86. The van der Waals surface area contributed by atoms with Crippen molar-refractivity contribution in [3.8, 4) is 0 Å². The SMILES string of the molecule is CCCCC(=O)NCCCN1CCCC1=O. The molecule has 0 aliphatic carbocycles. The van der Waals surface area contributed by atoms with E-state index in [0.717, 1.165) is 38.8 Å². The fraction of sp³-hybridized carbons (Fsp3) is 0.833. The average molecular weight is 226 g/mol. The van der Waals surface area contributed by atoms with Gasteiger partial charge in [0.15, 0.2) is 0 Å². The van der Waals surface area contributed by atoms with Gasteiger partial charge in [-0.05, 0) is 19.3 Å². The van der Waals surface area contributed by atoms with Gasteiger partial charge in [0.05, 0.1) is 0 Å². The van der Waals surface area contributed by atoms with Crippen LogP contribution in [0.25, 0.3) is 0 Å². The van der Waals surface area contributed by atoms with Crippen molar-refractivity contribution in [1.82, 2.24) is 10.2 Å². The minimum absolute atomic E-state index is 0.134. The number of nitrogens with zero attached hydrogens (tertiary/aromatic N) is 1. The van der Waals surface area contributed by atoms with Gasteiger partial charge in [-0.2, -0.15) is 0 Å². The van der Waals surface area contributed by atoms with Crippen LogP contribution in [0.3, 0.4) is 0 Å². The summed E-state index contributed by atoms with van der Waals surface area (Å²) in [5.41, 5.74) is 0. The Morgan fingerprint density at radius 2 is 2.25 bits per heavy atom. The first-order valence-corrected chi connectivity index (χ1v) is 6.28. The van der Waals surface area contributed by atoms with E-state index in [0.29, 0.717) is 19.4 Å². The lowest BCUT2D eigenvalue weighted by molar-refractivity contribution is -0.127. The van der Waals surface area contributed by atoms with E-state index in [9.17, 15) is 9.59 Å². The third kappa shape index (κ3) is 4.64. The van der Waals surface area contributed by atoms with Gasteiger partial charge in [-0.15, -0.1) is 0 Å². The predicted molar refractivity (Wildman–Crippen MR) is 63.0 cm³/mol. The molecule has 1 heterocycles. The van der Waals surface area contributed by atoms with E-state index < -0.39 is 0 Å². The number of unbranched alkanes of at least 4 members (excludes halogenated alkanes) is 1. The summed E-state index contributed by atoms with van der Waals surface area (Å²) in [6, 6.07) is 0. The Morgan fingerprint density at radius 1 is 1.44 bits per heavy atom. The van der Waals surface area contributed by atoms with Gasteiger partial charge < -0.3 is 10.2 Å². The van der Waals surface area contributed by atoms with Crippen molar-refractivity contribution in [2.75, 3.05) is 19.6 Å². The first-order valence-electron chi connectivity index (χ1n) is 6.28. The Labute approximate surface area is 97.4 Å². The summed E-state index contributed by atoms with van der Waals surface area (Å²) in [5.74, 6) is 0.395. The van der Waals surface area contributed by atoms with Crippen LogP contribution in [0.4, 0.5) is 0 Å². The number of amides is 2. The van der Waals surface area contributed by atoms with Crippen LogP contribution in [0.15, 0.2) is 0 Å². The molecule has 0 radical (unpaired) electrons. The standard InChI is InChI=1S/C12H22N2O2/c1-2-3-6-11(15)13-8-5-10-14-9-4-7-12(14)16/h2-10H2,1H3,(H,13,15). The molecular weight excluding hydrogens is 204 g/mol. The second-order valence-corrected chi connectivity index (χ2v) is 4.29. The number of hydrogen-bond donors (Lipinski definition) is 1. The molecule has 1 rings (SSSR count). The molecule has 1 N–H and O–H groups in total. The summed E-state index contributed by atoms with van der Waals surface area (Å²) in [6.45, 7) is 4.44. The number of likely N-dealkylation sites (tertiary alicyclic amines) is 1. The molecule has 4 heteroatoms. The molecular formula is C12H22N2O2. The molecule has 2 amide bonds. The quantitative estimate of drug-likeness (QED) is 0.665. The molecule has 0 aromatic heterocycles. The van der Waals surface area contributed by atoms with Gasteiger partial charge in [-0.1, -0.05) is 13.3 Å². The molecule has 4 nitrogen and oxygen atoms in total. The lowest BCUT2D eigenvalue weighted by Gasteiger charge is -2.15. The Hall–Kier alpha value is -1.06. The highest BCUT2D eigenvalue weighted by atomic mass is 16.2. The fourth-order valence-electron chi connectivity index (χ4n) is 1.86. The van der Waals surface area contributed by atoms with Crippen LogP contribution >= 0.6 is 0 Å². The van der Waals surface area contributed by atoms with Gasteiger partial charge in [0.1, 0.15) is 0 Å². The van der Waals surface area contributed by atoms with Gasteiger partial charge in [0, 0.05) is 32.5 Å². The maximum atomic E-state index is 11.3. The molecule has 0 spiro atoms. The van der Waals surface area contributed by atoms with Crippen LogP contribution in [0, 0.1) is 0 Å². The number of rotatable bonds is 7. The number of hydrogen-bond acceptors (Lipinski definition) is 2. The van der Waals surface area contributed by atoms with Crippen molar-refractivity contribution >= 4 is 11.8 Å². The first kappa shape index (κ1) is 13.0. The van der Waals surface area contributed by atoms with Crippen LogP contribution in [-0.2, 0) is 9.59 Å². The molecule has 0 atom stereocenters. The monoisotopic (exact) mass is 226 g/mol. The lowest BCUT2D eigenvalue weighted by atomic mass is 10.2. The number of nitrogens with one attached hydrogen (secondary N) is 1. The molecule has 0 aromatic rings. The van der Waals surface area contributed by atoms with Gasteiger partial charge in [0.25, 0.3) is 0 Å². The van der Waals surface area contributed by atoms with Crippen molar-refractivity contribution in [3.05, 3.63) is 0 Å². The zero-order valence-corrected chi connectivity index (χ0v) is 10.1. The summed E-state index contributed by atoms with van der Waals surface area (Å²) in [5, 5.41) is 2.88. The second kappa shape index (κ2) is 7.25. The Morgan fingerprint density at radius 3 is 2.88 bits per heavy atom. The highest BCUT2D eigenvalue weighted by molar-refractivity contribution is 5.78. The highest BCUT2D eigenvalue weighted by Crippen LogP contribution is 2.09. The van der Waals surface area contributed by atoms with Crippen molar-refractivity contribution < 1.29 is 9.59 Å². The molecule has 1 aliphatic rings. The van der Waals surface area contributed by atoms with Crippen LogP contribution in [0.2, 0.25) is 0 Å². The zero-order valence-electron chi connectivity index (χ0n) is 10.1. The Balaban J connectivity index is 1.99. The molecule has 16 heavy (non-hydrogen) atoms. The number of carbonyl (C=O) groups excluding carboxylic acids is 2. The van der Waals surface area contributed by atoms with Crippen molar-refractivity contribution in [2.24, 2.45) is 0 Å². The molecule has 0 saturated carbocycles. The molecule has 1 saturated heterocycles. The molecule has 1 fully saturated rings. The Kier molecular flexibility index (Phi) is 5.90. The largest absolute Gasteiger partial charge is 0.356 e.